The summed E-state index contributed by atoms with van der Waals surface area (Å²) in [7, 11) is 0. The highest BCUT2D eigenvalue weighted by molar-refractivity contribution is 5.85. The number of nitrogens with zero attached hydrogens (tertiary/aromatic N) is 3. The van der Waals surface area contributed by atoms with E-state index in [1.165, 1.54) is 0 Å². The molecule has 9 heteroatoms. The number of ether oxygens (including phenoxy) is 3. The van der Waals surface area contributed by atoms with E-state index in [1.54, 1.807) is 36.4 Å². The maximum atomic E-state index is 13.9. The summed E-state index contributed by atoms with van der Waals surface area (Å²) in [5, 5.41) is 3.13. The van der Waals surface area contributed by atoms with Gasteiger partial charge in [-0.15, -0.1) is 0 Å². The largest absolute Gasteiger partial charge is 0.426 e. The molecule has 1 saturated carbocycles. The average Bonchev–Trinajstić information content (AvgIpc) is 3.34. The summed E-state index contributed by atoms with van der Waals surface area (Å²) in [6, 6.07) is 57.1. The highest BCUT2D eigenvalue weighted by Crippen LogP contribution is 2.37. The summed E-state index contributed by atoms with van der Waals surface area (Å²) in [5.41, 5.74) is 7.63. The van der Waals surface area contributed by atoms with Gasteiger partial charge >= 0.3 is 17.9 Å². The zero-order valence-electron chi connectivity index (χ0n) is 34.0. The van der Waals surface area contributed by atoms with E-state index in [9.17, 15) is 14.4 Å². The van der Waals surface area contributed by atoms with E-state index < -0.39 is 35.7 Å². The molecular weight excluding hydrogens is 787 g/mol. The first kappa shape index (κ1) is 39.1. The van der Waals surface area contributed by atoms with E-state index in [0.29, 0.717) is 17.2 Å². The maximum Gasteiger partial charge on any atom is 0.314 e. The molecule has 0 saturated heterocycles. The van der Waals surface area contributed by atoms with Crippen LogP contribution < -0.4 is 14.2 Å². The number of carbonyl (C=O) groups excluding carboxylic acids is 3. The third kappa shape index (κ3) is 8.63. The number of aromatic nitrogens is 3. The molecule has 306 valence electrons. The van der Waals surface area contributed by atoms with Crippen molar-refractivity contribution in [2.75, 3.05) is 0 Å². The molecule has 0 N–H and O–H groups in total. The van der Waals surface area contributed by atoms with Crippen LogP contribution in [0.1, 0.15) is 19.3 Å². The standard InChI is InChI=1S/C54H39N3O6/c58-52(61-43-22-13-37(14-23-43)49-28-19-34-7-1-4-10-46(34)55-49)40-31-41(53(59)62-44-24-15-38(16-25-44)50-29-20-35-8-2-5-11-47(35)56-50)33-42(32-40)54(60)63-45-26-17-39(18-27-45)51-30-21-36-9-3-6-12-48(36)57-51/h1-30,40-42H,31-33H2. The van der Waals surface area contributed by atoms with Crippen LogP contribution in [0.3, 0.4) is 0 Å². The normalized spacial score (nSPS) is 16.1. The van der Waals surface area contributed by atoms with Crippen molar-refractivity contribution >= 4 is 50.6 Å². The summed E-state index contributed by atoms with van der Waals surface area (Å²) >= 11 is 0. The van der Waals surface area contributed by atoms with Crippen LogP contribution >= 0.6 is 0 Å². The first-order valence-electron chi connectivity index (χ1n) is 20.9. The Hall–Kier alpha value is -8.04. The molecular formula is C54H39N3O6. The molecule has 0 bridgehead atoms. The Bertz CT molecular complexity index is 2810. The molecule has 3 aromatic heterocycles. The minimum absolute atomic E-state index is 0.146. The number of esters is 3. The predicted molar refractivity (Wildman–Crippen MR) is 243 cm³/mol. The Kier molecular flexibility index (Phi) is 10.6. The van der Waals surface area contributed by atoms with Gasteiger partial charge in [-0.2, -0.15) is 0 Å². The third-order valence-electron chi connectivity index (χ3n) is 11.6. The molecule has 63 heavy (non-hydrogen) atoms. The molecule has 6 aromatic carbocycles. The second kappa shape index (κ2) is 17.1. The van der Waals surface area contributed by atoms with Crippen LogP contribution in [0.2, 0.25) is 0 Å². The van der Waals surface area contributed by atoms with Crippen molar-refractivity contribution < 1.29 is 28.6 Å². The van der Waals surface area contributed by atoms with E-state index >= 15 is 0 Å². The summed E-state index contributed by atoms with van der Waals surface area (Å²) < 4.78 is 17.7. The molecule has 0 unspecified atom stereocenters. The summed E-state index contributed by atoms with van der Waals surface area (Å²) in [6.07, 6.45) is 0.438. The van der Waals surface area contributed by atoms with Gasteiger partial charge in [-0.3, -0.25) is 14.4 Å². The Morgan fingerprint density at radius 3 is 0.889 bits per heavy atom. The fourth-order valence-electron chi connectivity index (χ4n) is 8.26. The van der Waals surface area contributed by atoms with E-state index in [1.807, 2.05) is 146 Å². The van der Waals surface area contributed by atoms with Gasteiger partial charge in [0, 0.05) is 32.8 Å². The minimum atomic E-state index is -0.779. The second-order valence-electron chi connectivity index (χ2n) is 15.8. The molecule has 1 fully saturated rings. The van der Waals surface area contributed by atoms with Gasteiger partial charge < -0.3 is 14.2 Å². The van der Waals surface area contributed by atoms with Gasteiger partial charge in [0.25, 0.3) is 0 Å². The molecule has 0 spiro atoms. The van der Waals surface area contributed by atoms with Crippen molar-refractivity contribution in [2.24, 2.45) is 17.8 Å². The van der Waals surface area contributed by atoms with Crippen LogP contribution in [-0.4, -0.2) is 32.9 Å². The number of rotatable bonds is 9. The Morgan fingerprint density at radius 2 is 0.603 bits per heavy atom. The van der Waals surface area contributed by atoms with Crippen LogP contribution in [0.4, 0.5) is 0 Å². The monoisotopic (exact) mass is 825 g/mol. The summed E-state index contributed by atoms with van der Waals surface area (Å²) in [5.74, 6) is -2.93. The molecule has 9 aromatic rings. The molecule has 0 aliphatic heterocycles. The van der Waals surface area contributed by atoms with Crippen LogP contribution in [-0.2, 0) is 14.4 Å². The number of carbonyl (C=O) groups is 3. The number of para-hydroxylation sites is 3. The van der Waals surface area contributed by atoms with Crippen molar-refractivity contribution in [1.29, 1.82) is 0 Å². The van der Waals surface area contributed by atoms with Crippen LogP contribution in [0.5, 0.6) is 17.2 Å². The SMILES string of the molecule is O=C(Oc1ccc(-c2ccc3ccccc3n2)cc1)C1CC(C(=O)Oc2ccc(-c3ccc4ccccc4n3)cc2)CC(C(=O)Oc2ccc(-c3ccc4ccccc4n3)cc2)C1. The quantitative estimate of drug-likeness (QED) is 0.103. The van der Waals surface area contributed by atoms with Crippen molar-refractivity contribution in [3.05, 3.63) is 182 Å². The van der Waals surface area contributed by atoms with E-state index in [4.69, 9.17) is 29.2 Å². The van der Waals surface area contributed by atoms with Crippen molar-refractivity contribution in [3.8, 4) is 51.0 Å². The fourth-order valence-corrected chi connectivity index (χ4v) is 8.26. The molecule has 0 atom stereocenters. The number of pyridine rings is 3. The van der Waals surface area contributed by atoms with Crippen LogP contribution in [0.25, 0.3) is 66.5 Å². The Labute approximate surface area is 363 Å². The lowest BCUT2D eigenvalue weighted by Gasteiger charge is -2.31. The van der Waals surface area contributed by atoms with Gasteiger partial charge in [-0.1, -0.05) is 72.8 Å². The summed E-state index contributed by atoms with van der Waals surface area (Å²) in [4.78, 5) is 56.0. The van der Waals surface area contributed by atoms with Crippen molar-refractivity contribution in [2.45, 2.75) is 19.3 Å². The van der Waals surface area contributed by atoms with Crippen molar-refractivity contribution in [3.63, 3.8) is 0 Å². The fraction of sp³-hybridized carbons (Fsp3) is 0.111. The van der Waals surface area contributed by atoms with Gasteiger partial charge in [0.05, 0.1) is 51.4 Å². The average molecular weight is 826 g/mol. The first-order chi connectivity index (χ1) is 30.9. The van der Waals surface area contributed by atoms with E-state index in [-0.39, 0.29) is 19.3 Å². The topological polar surface area (TPSA) is 118 Å². The Morgan fingerprint density at radius 1 is 0.333 bits per heavy atom. The van der Waals surface area contributed by atoms with Gasteiger partial charge in [-0.25, -0.2) is 15.0 Å². The number of benzene rings is 6. The van der Waals surface area contributed by atoms with Gasteiger partial charge in [0.15, 0.2) is 0 Å². The highest BCUT2D eigenvalue weighted by atomic mass is 16.5. The predicted octanol–water partition coefficient (Wildman–Crippen LogP) is 11.5. The lowest BCUT2D eigenvalue weighted by atomic mass is 9.75. The molecule has 0 amide bonds. The van der Waals surface area contributed by atoms with Crippen LogP contribution in [0, 0.1) is 17.8 Å². The lowest BCUT2D eigenvalue weighted by molar-refractivity contribution is -0.150. The molecule has 3 heterocycles. The molecule has 0 radical (unpaired) electrons. The number of hydrogen-bond donors (Lipinski definition) is 0. The molecule has 10 rings (SSSR count). The number of hydrogen-bond acceptors (Lipinski definition) is 9. The second-order valence-corrected chi connectivity index (χ2v) is 15.8. The van der Waals surface area contributed by atoms with Crippen LogP contribution in [0.15, 0.2) is 182 Å². The Balaban J connectivity index is 0.850. The smallest absolute Gasteiger partial charge is 0.314 e. The molecule has 1 aliphatic rings. The highest BCUT2D eigenvalue weighted by Gasteiger charge is 2.41. The zero-order chi connectivity index (χ0) is 42.7. The third-order valence-corrected chi connectivity index (χ3v) is 11.6. The van der Waals surface area contributed by atoms with E-state index in [2.05, 4.69) is 0 Å². The van der Waals surface area contributed by atoms with Crippen molar-refractivity contribution in [1.82, 2.24) is 15.0 Å². The summed E-state index contributed by atoms with van der Waals surface area (Å²) in [6.45, 7) is 0. The lowest BCUT2D eigenvalue weighted by Crippen LogP contribution is -2.39. The minimum Gasteiger partial charge on any atom is -0.426 e. The zero-order valence-corrected chi connectivity index (χ0v) is 34.0. The van der Waals surface area contributed by atoms with E-state index in [0.717, 1.165) is 66.5 Å². The van der Waals surface area contributed by atoms with Gasteiger partial charge in [0.1, 0.15) is 17.2 Å². The first-order valence-corrected chi connectivity index (χ1v) is 20.9. The number of fused-ring (bicyclic) bond motifs is 3. The van der Waals surface area contributed by atoms with Gasteiger partial charge in [-0.05, 0) is 128 Å². The maximum absolute atomic E-state index is 13.9. The van der Waals surface area contributed by atoms with Gasteiger partial charge in [0.2, 0.25) is 0 Å². The molecule has 9 nitrogen and oxygen atoms in total. The molecule has 1 aliphatic carbocycles.